The van der Waals surface area contributed by atoms with Crippen LogP contribution in [0.1, 0.15) is 30.5 Å². The third-order valence-electron chi connectivity index (χ3n) is 5.77. The van der Waals surface area contributed by atoms with E-state index in [9.17, 15) is 0 Å². The van der Waals surface area contributed by atoms with E-state index in [-0.39, 0.29) is 24.0 Å². The van der Waals surface area contributed by atoms with Gasteiger partial charge in [0.2, 0.25) is 11.2 Å². The SMILES string of the molecule is CN(C)c1ccc(/C=C/c2cc(N3CCCCC3)c3ccccc3[n+]2C)cc1.[I-]. The molecule has 152 valence electrons. The van der Waals surface area contributed by atoms with E-state index in [2.05, 4.69) is 102 Å². The van der Waals surface area contributed by atoms with E-state index in [1.807, 2.05) is 0 Å². The zero-order valence-electron chi connectivity index (χ0n) is 17.6. The molecule has 3 aromatic rings. The maximum atomic E-state index is 2.56. The summed E-state index contributed by atoms with van der Waals surface area (Å²) in [6.45, 7) is 2.32. The number of para-hydroxylation sites is 1. The van der Waals surface area contributed by atoms with Gasteiger partial charge in [-0.15, -0.1) is 0 Å². The molecule has 4 rings (SSSR count). The van der Waals surface area contributed by atoms with Crippen molar-refractivity contribution in [1.29, 1.82) is 0 Å². The quantitative estimate of drug-likeness (QED) is 0.401. The molecule has 2 heterocycles. The minimum absolute atomic E-state index is 0. The fourth-order valence-corrected chi connectivity index (χ4v) is 4.06. The molecule has 0 N–H and O–H groups in total. The summed E-state index contributed by atoms with van der Waals surface area (Å²) in [5.74, 6) is 0. The molecule has 0 amide bonds. The summed E-state index contributed by atoms with van der Waals surface area (Å²) in [7, 11) is 6.31. The van der Waals surface area contributed by atoms with E-state index < -0.39 is 0 Å². The van der Waals surface area contributed by atoms with Gasteiger partial charge in [0.05, 0.1) is 11.1 Å². The average molecular weight is 499 g/mol. The molecule has 0 atom stereocenters. The van der Waals surface area contributed by atoms with Gasteiger partial charge in [-0.3, -0.25) is 0 Å². The summed E-state index contributed by atoms with van der Waals surface area (Å²) >= 11 is 0. The number of nitrogens with zero attached hydrogens (tertiary/aromatic N) is 3. The predicted molar refractivity (Wildman–Crippen MR) is 121 cm³/mol. The molecular formula is C25H30IN3. The number of pyridine rings is 1. The Morgan fingerprint density at radius 1 is 0.897 bits per heavy atom. The van der Waals surface area contributed by atoms with Crippen LogP contribution in [-0.2, 0) is 7.05 Å². The maximum absolute atomic E-state index is 2.56. The van der Waals surface area contributed by atoms with Crippen molar-refractivity contribution < 1.29 is 28.5 Å². The van der Waals surface area contributed by atoms with Gasteiger partial charge < -0.3 is 33.8 Å². The summed E-state index contributed by atoms with van der Waals surface area (Å²) in [6.07, 6.45) is 8.39. The lowest BCUT2D eigenvalue weighted by atomic mass is 10.1. The minimum atomic E-state index is 0. The number of fused-ring (bicyclic) bond motifs is 1. The zero-order valence-corrected chi connectivity index (χ0v) is 19.8. The molecule has 0 spiro atoms. The van der Waals surface area contributed by atoms with Gasteiger partial charge in [0.15, 0.2) is 0 Å². The van der Waals surface area contributed by atoms with E-state index in [1.54, 1.807) is 0 Å². The molecule has 0 saturated carbocycles. The second-order valence-corrected chi connectivity index (χ2v) is 7.90. The molecule has 2 aromatic carbocycles. The molecule has 1 aliphatic rings. The Morgan fingerprint density at radius 2 is 1.59 bits per heavy atom. The van der Waals surface area contributed by atoms with Crippen LogP contribution in [0.3, 0.4) is 0 Å². The molecule has 0 unspecified atom stereocenters. The first-order valence-corrected chi connectivity index (χ1v) is 10.3. The molecule has 0 aliphatic carbocycles. The number of hydrogen-bond donors (Lipinski definition) is 0. The molecule has 3 nitrogen and oxygen atoms in total. The van der Waals surface area contributed by atoms with Crippen molar-refractivity contribution in [2.45, 2.75) is 19.3 Å². The van der Waals surface area contributed by atoms with Crippen LogP contribution in [0.25, 0.3) is 23.1 Å². The highest BCUT2D eigenvalue weighted by Crippen LogP contribution is 2.29. The minimum Gasteiger partial charge on any atom is -1.00 e. The van der Waals surface area contributed by atoms with Gasteiger partial charge in [0.1, 0.15) is 7.05 Å². The van der Waals surface area contributed by atoms with E-state index in [1.165, 1.54) is 52.8 Å². The third-order valence-corrected chi connectivity index (χ3v) is 5.77. The van der Waals surface area contributed by atoms with Crippen molar-refractivity contribution in [3.8, 4) is 0 Å². The first-order chi connectivity index (χ1) is 13.6. The van der Waals surface area contributed by atoms with Crippen LogP contribution >= 0.6 is 0 Å². The van der Waals surface area contributed by atoms with Crippen LogP contribution in [0.4, 0.5) is 11.4 Å². The highest BCUT2D eigenvalue weighted by molar-refractivity contribution is 5.91. The second-order valence-electron chi connectivity index (χ2n) is 7.90. The zero-order chi connectivity index (χ0) is 19.5. The molecule has 0 bridgehead atoms. The molecular weight excluding hydrogens is 469 g/mol. The first-order valence-electron chi connectivity index (χ1n) is 10.3. The van der Waals surface area contributed by atoms with E-state index in [0.717, 1.165) is 13.1 Å². The largest absolute Gasteiger partial charge is 1.00 e. The number of halogens is 1. The first kappa shape index (κ1) is 21.6. The van der Waals surface area contributed by atoms with Crippen LogP contribution in [0.2, 0.25) is 0 Å². The number of piperidine rings is 1. The summed E-state index contributed by atoms with van der Waals surface area (Å²) in [6, 6.07) is 19.8. The van der Waals surface area contributed by atoms with Gasteiger partial charge >= 0.3 is 0 Å². The monoisotopic (exact) mass is 499 g/mol. The van der Waals surface area contributed by atoms with Crippen molar-refractivity contribution in [3.05, 3.63) is 65.9 Å². The normalized spacial score (nSPS) is 14.2. The van der Waals surface area contributed by atoms with Crippen LogP contribution in [0.15, 0.2) is 54.6 Å². The number of hydrogen-bond acceptors (Lipinski definition) is 2. The van der Waals surface area contributed by atoms with Crippen molar-refractivity contribution in [1.82, 2.24) is 0 Å². The van der Waals surface area contributed by atoms with Crippen LogP contribution in [0.5, 0.6) is 0 Å². The summed E-state index contributed by atoms with van der Waals surface area (Å²) in [5.41, 5.74) is 6.33. The lowest BCUT2D eigenvalue weighted by Gasteiger charge is -2.29. The number of aromatic nitrogens is 1. The number of anilines is 2. The molecule has 29 heavy (non-hydrogen) atoms. The molecule has 4 heteroatoms. The summed E-state index contributed by atoms with van der Waals surface area (Å²) in [4.78, 5) is 4.69. The smallest absolute Gasteiger partial charge is 0.214 e. The number of rotatable bonds is 4. The lowest BCUT2D eigenvalue weighted by molar-refractivity contribution is -0.646. The lowest BCUT2D eigenvalue weighted by Crippen LogP contribution is -3.00. The highest BCUT2D eigenvalue weighted by atomic mass is 127. The Hall–Kier alpha value is -2.08. The van der Waals surface area contributed by atoms with Crippen molar-refractivity contribution in [2.75, 3.05) is 37.0 Å². The van der Waals surface area contributed by atoms with Crippen molar-refractivity contribution >= 4 is 34.4 Å². The van der Waals surface area contributed by atoms with Crippen LogP contribution in [0, 0.1) is 0 Å². The van der Waals surface area contributed by atoms with Gasteiger partial charge in [0, 0.05) is 51.1 Å². The molecule has 1 aromatic heterocycles. The Kier molecular flexibility index (Phi) is 7.17. The molecule has 1 saturated heterocycles. The fourth-order valence-electron chi connectivity index (χ4n) is 4.06. The molecule has 1 aliphatic heterocycles. The Morgan fingerprint density at radius 3 is 2.28 bits per heavy atom. The second kappa shape index (κ2) is 9.61. The van der Waals surface area contributed by atoms with Gasteiger partial charge in [0.25, 0.3) is 0 Å². The summed E-state index contributed by atoms with van der Waals surface area (Å²) < 4.78 is 2.30. The standard InChI is InChI=1S/C25H30N3.HI/c1-26(2)21-14-11-20(12-15-21)13-16-22-19-25(28-17-7-4-8-18-28)23-9-5-6-10-24(23)27(22)3;/h5-6,9-16,19H,4,7-8,17-18H2,1-3H3;1H/q+1;/p-1. The van der Waals surface area contributed by atoms with Crippen LogP contribution in [-0.4, -0.2) is 27.2 Å². The van der Waals surface area contributed by atoms with Gasteiger partial charge in [-0.05, 0) is 49.1 Å². The fraction of sp³-hybridized carbons (Fsp3) is 0.320. The van der Waals surface area contributed by atoms with E-state index >= 15 is 0 Å². The van der Waals surface area contributed by atoms with Crippen molar-refractivity contribution in [3.63, 3.8) is 0 Å². The van der Waals surface area contributed by atoms with E-state index in [4.69, 9.17) is 0 Å². The Labute approximate surface area is 191 Å². The van der Waals surface area contributed by atoms with Gasteiger partial charge in [-0.25, -0.2) is 0 Å². The number of aryl methyl sites for hydroxylation is 1. The average Bonchev–Trinajstić information content (AvgIpc) is 2.74. The number of benzene rings is 2. The van der Waals surface area contributed by atoms with Crippen molar-refractivity contribution in [2.24, 2.45) is 7.05 Å². The third kappa shape index (κ3) is 4.74. The van der Waals surface area contributed by atoms with Crippen LogP contribution < -0.4 is 38.3 Å². The summed E-state index contributed by atoms with van der Waals surface area (Å²) in [5, 5.41) is 1.35. The predicted octanol–water partition coefficient (Wildman–Crippen LogP) is 1.89. The Balaban J connectivity index is 0.00000240. The van der Waals surface area contributed by atoms with E-state index in [0.29, 0.717) is 0 Å². The molecule has 0 radical (unpaired) electrons. The van der Waals surface area contributed by atoms with Gasteiger partial charge in [-0.2, -0.15) is 4.57 Å². The molecule has 1 fully saturated rings. The maximum Gasteiger partial charge on any atom is 0.214 e. The Bertz CT molecular complexity index is 987. The van der Waals surface area contributed by atoms with Gasteiger partial charge in [-0.1, -0.05) is 24.3 Å². The highest BCUT2D eigenvalue weighted by Gasteiger charge is 2.19. The topological polar surface area (TPSA) is 10.4 Å².